The summed E-state index contributed by atoms with van der Waals surface area (Å²) in [7, 11) is 0. The Kier molecular flexibility index (Phi) is 5.87. The summed E-state index contributed by atoms with van der Waals surface area (Å²) in [6, 6.07) is 0.114. The van der Waals surface area contributed by atoms with Crippen LogP contribution in [0.5, 0.6) is 0 Å². The number of nitrogens with zero attached hydrogens (tertiary/aromatic N) is 4. The molecule has 1 aromatic heterocycles. The maximum absolute atomic E-state index is 12.6. The van der Waals surface area contributed by atoms with Gasteiger partial charge in [-0.1, -0.05) is 24.9 Å². The van der Waals surface area contributed by atoms with Gasteiger partial charge in [0.2, 0.25) is 11.8 Å². The summed E-state index contributed by atoms with van der Waals surface area (Å²) in [5.41, 5.74) is 0. The molecule has 3 rings (SSSR count). The highest BCUT2D eigenvalue weighted by Crippen LogP contribution is 2.28. The highest BCUT2D eigenvalue weighted by molar-refractivity contribution is 5.76. The van der Waals surface area contributed by atoms with Gasteiger partial charge in [-0.15, -0.1) is 0 Å². The third kappa shape index (κ3) is 4.15. The van der Waals surface area contributed by atoms with Crippen LogP contribution in [0.15, 0.2) is 4.52 Å². The van der Waals surface area contributed by atoms with Crippen molar-refractivity contribution in [3.63, 3.8) is 0 Å². The van der Waals surface area contributed by atoms with Crippen molar-refractivity contribution in [3.8, 4) is 0 Å². The largest absolute Gasteiger partial charge is 0.341 e. The van der Waals surface area contributed by atoms with E-state index in [2.05, 4.69) is 26.9 Å². The maximum Gasteiger partial charge on any atom is 0.243 e. The molecule has 1 aromatic rings. The van der Waals surface area contributed by atoms with Gasteiger partial charge in [0.1, 0.15) is 0 Å². The van der Waals surface area contributed by atoms with Crippen LogP contribution in [0.1, 0.15) is 70.1 Å². The van der Waals surface area contributed by atoms with E-state index in [0.717, 1.165) is 51.3 Å². The number of carbonyl (C=O) groups is 1. The van der Waals surface area contributed by atoms with E-state index in [1.807, 2.05) is 6.92 Å². The van der Waals surface area contributed by atoms with E-state index < -0.39 is 0 Å². The van der Waals surface area contributed by atoms with E-state index in [4.69, 9.17) is 4.52 Å². The minimum absolute atomic E-state index is 0.114. The average molecular weight is 334 g/mol. The van der Waals surface area contributed by atoms with Crippen LogP contribution >= 0.6 is 0 Å². The predicted molar refractivity (Wildman–Crippen MR) is 91.4 cm³/mol. The molecule has 1 saturated heterocycles. The SMILES string of the molecule is CCc1noc(C(C)N2CCCN(C(=O)CC3CCCC3)CC2)n1. The molecule has 0 aromatic carbocycles. The Balaban J connectivity index is 1.53. The van der Waals surface area contributed by atoms with Gasteiger partial charge < -0.3 is 9.42 Å². The van der Waals surface area contributed by atoms with Crippen LogP contribution in [0.4, 0.5) is 0 Å². The Hall–Kier alpha value is -1.43. The topological polar surface area (TPSA) is 62.5 Å². The zero-order valence-corrected chi connectivity index (χ0v) is 15.0. The fraction of sp³-hybridized carbons (Fsp3) is 0.833. The zero-order valence-electron chi connectivity index (χ0n) is 15.0. The summed E-state index contributed by atoms with van der Waals surface area (Å²) in [4.78, 5) is 21.4. The van der Waals surface area contributed by atoms with Crippen LogP contribution in [0.25, 0.3) is 0 Å². The second-order valence-corrected chi connectivity index (χ2v) is 7.20. The van der Waals surface area contributed by atoms with E-state index in [0.29, 0.717) is 17.7 Å². The molecule has 0 radical (unpaired) electrons. The Bertz CT molecular complexity index is 539. The molecule has 0 bridgehead atoms. The van der Waals surface area contributed by atoms with Gasteiger partial charge in [-0.05, 0) is 32.1 Å². The lowest BCUT2D eigenvalue weighted by molar-refractivity contribution is -0.132. The molecule has 1 aliphatic carbocycles. The van der Waals surface area contributed by atoms with Gasteiger partial charge in [-0.2, -0.15) is 4.98 Å². The number of rotatable bonds is 5. The first-order valence-corrected chi connectivity index (χ1v) is 9.51. The third-order valence-corrected chi connectivity index (χ3v) is 5.53. The monoisotopic (exact) mass is 334 g/mol. The quantitative estimate of drug-likeness (QED) is 0.828. The number of hydrogen-bond donors (Lipinski definition) is 0. The lowest BCUT2D eigenvalue weighted by Gasteiger charge is -2.25. The molecule has 0 spiro atoms. The van der Waals surface area contributed by atoms with Crippen LogP contribution < -0.4 is 0 Å². The average Bonchev–Trinajstić information content (AvgIpc) is 3.21. The van der Waals surface area contributed by atoms with Crippen LogP contribution in [0, 0.1) is 5.92 Å². The van der Waals surface area contributed by atoms with E-state index in [9.17, 15) is 4.79 Å². The van der Waals surface area contributed by atoms with Gasteiger partial charge in [0.05, 0.1) is 6.04 Å². The number of amides is 1. The summed E-state index contributed by atoms with van der Waals surface area (Å²) in [5.74, 6) is 2.43. The van der Waals surface area contributed by atoms with Crippen molar-refractivity contribution in [1.29, 1.82) is 0 Å². The summed E-state index contributed by atoms with van der Waals surface area (Å²) in [5, 5.41) is 4.00. The summed E-state index contributed by atoms with van der Waals surface area (Å²) >= 11 is 0. The van der Waals surface area contributed by atoms with Gasteiger partial charge in [0, 0.05) is 39.0 Å². The fourth-order valence-electron chi connectivity index (χ4n) is 3.90. The molecule has 2 aliphatic rings. The normalized spacial score (nSPS) is 21.8. The van der Waals surface area contributed by atoms with Gasteiger partial charge in [-0.25, -0.2) is 0 Å². The number of hydrogen-bond acceptors (Lipinski definition) is 5. The summed E-state index contributed by atoms with van der Waals surface area (Å²) in [6.45, 7) is 7.67. The number of carbonyl (C=O) groups excluding carboxylic acids is 1. The molecule has 24 heavy (non-hydrogen) atoms. The van der Waals surface area contributed by atoms with E-state index in [-0.39, 0.29) is 6.04 Å². The molecular weight excluding hydrogens is 304 g/mol. The molecule has 0 N–H and O–H groups in total. The summed E-state index contributed by atoms with van der Waals surface area (Å²) < 4.78 is 5.39. The Morgan fingerprint density at radius 3 is 2.71 bits per heavy atom. The van der Waals surface area contributed by atoms with Crippen molar-refractivity contribution in [2.45, 2.75) is 64.8 Å². The molecule has 2 fully saturated rings. The number of aromatic nitrogens is 2. The minimum Gasteiger partial charge on any atom is -0.341 e. The molecule has 1 saturated carbocycles. The molecule has 6 nitrogen and oxygen atoms in total. The lowest BCUT2D eigenvalue weighted by Crippen LogP contribution is -2.36. The molecule has 2 heterocycles. The van der Waals surface area contributed by atoms with Crippen molar-refractivity contribution in [2.75, 3.05) is 26.2 Å². The molecule has 1 aliphatic heterocycles. The molecule has 1 atom stereocenters. The Labute approximate surface area is 144 Å². The molecule has 1 unspecified atom stereocenters. The van der Waals surface area contributed by atoms with Crippen molar-refractivity contribution in [1.82, 2.24) is 19.9 Å². The van der Waals surface area contributed by atoms with E-state index in [1.54, 1.807) is 0 Å². The Morgan fingerprint density at radius 2 is 2.00 bits per heavy atom. The van der Waals surface area contributed by atoms with Gasteiger partial charge in [0.25, 0.3) is 0 Å². The third-order valence-electron chi connectivity index (χ3n) is 5.53. The van der Waals surface area contributed by atoms with Crippen molar-refractivity contribution in [2.24, 2.45) is 5.92 Å². The van der Waals surface area contributed by atoms with Crippen LogP contribution in [-0.2, 0) is 11.2 Å². The first-order valence-electron chi connectivity index (χ1n) is 9.51. The lowest BCUT2D eigenvalue weighted by atomic mass is 10.0. The van der Waals surface area contributed by atoms with E-state index in [1.165, 1.54) is 25.7 Å². The summed E-state index contributed by atoms with van der Waals surface area (Å²) in [6.07, 6.45) is 7.62. The first-order chi connectivity index (χ1) is 11.7. The smallest absolute Gasteiger partial charge is 0.243 e. The molecular formula is C18H30N4O2. The van der Waals surface area contributed by atoms with Gasteiger partial charge >= 0.3 is 0 Å². The maximum atomic E-state index is 12.6. The van der Waals surface area contributed by atoms with Crippen molar-refractivity contribution >= 4 is 5.91 Å². The standard InChI is InChI=1S/C18H30N4O2/c1-3-16-19-18(24-20-16)14(2)21-9-6-10-22(12-11-21)17(23)13-15-7-4-5-8-15/h14-15H,3-13H2,1-2H3. The molecule has 134 valence electrons. The predicted octanol–water partition coefficient (Wildman–Crippen LogP) is 2.81. The van der Waals surface area contributed by atoms with Gasteiger partial charge in [-0.3, -0.25) is 9.69 Å². The number of aryl methyl sites for hydroxylation is 1. The van der Waals surface area contributed by atoms with Crippen LogP contribution in [-0.4, -0.2) is 52.0 Å². The van der Waals surface area contributed by atoms with Gasteiger partial charge in [0.15, 0.2) is 5.82 Å². The Morgan fingerprint density at radius 1 is 1.21 bits per heavy atom. The van der Waals surface area contributed by atoms with Crippen molar-refractivity contribution in [3.05, 3.63) is 11.7 Å². The second kappa shape index (κ2) is 8.10. The molecule has 6 heteroatoms. The minimum atomic E-state index is 0.114. The van der Waals surface area contributed by atoms with Crippen molar-refractivity contribution < 1.29 is 9.32 Å². The molecule has 1 amide bonds. The first kappa shape index (κ1) is 17.4. The highest BCUT2D eigenvalue weighted by Gasteiger charge is 2.27. The van der Waals surface area contributed by atoms with Crippen LogP contribution in [0.3, 0.4) is 0 Å². The fourth-order valence-corrected chi connectivity index (χ4v) is 3.90. The zero-order chi connectivity index (χ0) is 16.9. The second-order valence-electron chi connectivity index (χ2n) is 7.20. The van der Waals surface area contributed by atoms with E-state index >= 15 is 0 Å². The highest BCUT2D eigenvalue weighted by atomic mass is 16.5. The van der Waals surface area contributed by atoms with Crippen LogP contribution in [0.2, 0.25) is 0 Å².